The minimum atomic E-state index is -3.00. The molecule has 12 heteroatoms. The number of rotatable bonds is 11. The summed E-state index contributed by atoms with van der Waals surface area (Å²) in [5.74, 6) is 1.07. The summed E-state index contributed by atoms with van der Waals surface area (Å²) in [6.45, 7) is 1.13. The summed E-state index contributed by atoms with van der Waals surface area (Å²) in [4.78, 5) is 13.6. The number of hydrogen-bond donors (Lipinski definition) is 2. The summed E-state index contributed by atoms with van der Waals surface area (Å²) in [6, 6.07) is 17.8. The Kier molecular flexibility index (Phi) is 8.69. The van der Waals surface area contributed by atoms with Crippen LogP contribution < -0.4 is 15.4 Å². The first-order chi connectivity index (χ1) is 19.2. The molecule has 0 bridgehead atoms. The fraction of sp³-hybridized carbons (Fsp3) is 0.179. The number of fused-ring (bicyclic) bond motifs is 1. The number of ether oxygens (including phenoxy) is 1. The normalized spacial score (nSPS) is 11.6. The molecule has 0 fully saturated rings. The highest BCUT2D eigenvalue weighted by Gasteiger charge is 2.11. The first-order valence-corrected chi connectivity index (χ1v) is 16.0. The van der Waals surface area contributed by atoms with E-state index in [0.717, 1.165) is 42.9 Å². The number of aromatic nitrogens is 3. The molecule has 0 aliphatic rings. The van der Waals surface area contributed by atoms with Gasteiger partial charge in [-0.05, 0) is 64.0 Å². The molecule has 8 nitrogen and oxygen atoms in total. The molecule has 0 radical (unpaired) electrons. The SMILES string of the molecule is CS(=O)(=O)CCNCc1nc(-c2ccc3ncnc(Nc4ccc(OCc5cccc(F)c5)c(Br)c4)c3c2)cs1. The summed E-state index contributed by atoms with van der Waals surface area (Å²) in [7, 11) is -3.00. The molecule has 2 heterocycles. The minimum Gasteiger partial charge on any atom is -0.488 e. The Hall–Kier alpha value is -3.45. The molecule has 0 saturated carbocycles. The van der Waals surface area contributed by atoms with Crippen molar-refractivity contribution in [2.45, 2.75) is 13.2 Å². The van der Waals surface area contributed by atoms with Gasteiger partial charge in [-0.3, -0.25) is 0 Å². The average molecular weight is 643 g/mol. The van der Waals surface area contributed by atoms with E-state index in [-0.39, 0.29) is 18.2 Å². The number of sulfone groups is 1. The Balaban J connectivity index is 1.29. The Morgan fingerprint density at radius 2 is 1.95 bits per heavy atom. The second kappa shape index (κ2) is 12.4. The van der Waals surface area contributed by atoms with Crippen LogP contribution in [0.2, 0.25) is 0 Å². The second-order valence-corrected chi connectivity index (χ2v) is 13.1. The van der Waals surface area contributed by atoms with E-state index in [4.69, 9.17) is 9.72 Å². The number of anilines is 2. The highest BCUT2D eigenvalue weighted by atomic mass is 79.9. The molecule has 0 atom stereocenters. The van der Waals surface area contributed by atoms with Crippen LogP contribution >= 0.6 is 27.3 Å². The molecule has 5 aromatic rings. The van der Waals surface area contributed by atoms with E-state index in [2.05, 4.69) is 36.5 Å². The lowest BCUT2D eigenvalue weighted by Crippen LogP contribution is -2.21. The fourth-order valence-corrected chi connectivity index (χ4v) is 5.69. The number of thiazole rings is 1. The zero-order chi connectivity index (χ0) is 28.1. The number of nitrogens with one attached hydrogen (secondary N) is 2. The Morgan fingerprint density at radius 3 is 2.75 bits per heavy atom. The van der Waals surface area contributed by atoms with E-state index in [1.165, 1.54) is 36.1 Å². The Labute approximate surface area is 243 Å². The van der Waals surface area contributed by atoms with Crippen LogP contribution in [0.5, 0.6) is 5.75 Å². The van der Waals surface area contributed by atoms with Crippen molar-refractivity contribution in [3.8, 4) is 17.0 Å². The highest BCUT2D eigenvalue weighted by Crippen LogP contribution is 2.33. The van der Waals surface area contributed by atoms with Crippen molar-refractivity contribution >= 4 is 59.5 Å². The van der Waals surface area contributed by atoms with Gasteiger partial charge < -0.3 is 15.4 Å². The molecule has 5 rings (SSSR count). The topological polar surface area (TPSA) is 106 Å². The maximum Gasteiger partial charge on any atom is 0.148 e. The molecule has 0 unspecified atom stereocenters. The Bertz CT molecular complexity index is 1760. The van der Waals surface area contributed by atoms with Gasteiger partial charge in [-0.2, -0.15) is 0 Å². The molecular formula is C28H25BrFN5O3S2. The van der Waals surface area contributed by atoms with Crippen molar-refractivity contribution < 1.29 is 17.5 Å². The predicted octanol–water partition coefficient (Wildman–Crippen LogP) is 6.11. The van der Waals surface area contributed by atoms with Crippen LogP contribution in [0.3, 0.4) is 0 Å². The van der Waals surface area contributed by atoms with Crippen molar-refractivity contribution in [1.29, 1.82) is 0 Å². The van der Waals surface area contributed by atoms with Gasteiger partial charge in [0, 0.05) is 41.4 Å². The van der Waals surface area contributed by atoms with Crippen LogP contribution in [0.25, 0.3) is 22.2 Å². The molecule has 0 aliphatic carbocycles. The molecule has 0 amide bonds. The average Bonchev–Trinajstić information content (AvgIpc) is 3.39. The zero-order valence-corrected chi connectivity index (χ0v) is 24.6. The van der Waals surface area contributed by atoms with Crippen LogP contribution in [0.1, 0.15) is 10.6 Å². The molecule has 0 aliphatic heterocycles. The van der Waals surface area contributed by atoms with Gasteiger partial charge in [0.05, 0.1) is 21.4 Å². The van der Waals surface area contributed by atoms with Crippen molar-refractivity contribution in [1.82, 2.24) is 20.3 Å². The predicted molar refractivity (Wildman–Crippen MR) is 160 cm³/mol. The van der Waals surface area contributed by atoms with Crippen molar-refractivity contribution in [3.05, 3.63) is 93.2 Å². The van der Waals surface area contributed by atoms with Gasteiger partial charge in [0.15, 0.2) is 0 Å². The van der Waals surface area contributed by atoms with Gasteiger partial charge in [0.1, 0.15) is 45.2 Å². The van der Waals surface area contributed by atoms with E-state index in [0.29, 0.717) is 24.7 Å². The first kappa shape index (κ1) is 28.1. The number of nitrogens with zero attached hydrogens (tertiary/aromatic N) is 3. The lowest BCUT2D eigenvalue weighted by Gasteiger charge is -2.12. The maximum absolute atomic E-state index is 13.4. The summed E-state index contributed by atoms with van der Waals surface area (Å²) < 4.78 is 42.7. The van der Waals surface area contributed by atoms with E-state index in [1.54, 1.807) is 6.07 Å². The van der Waals surface area contributed by atoms with E-state index in [1.807, 2.05) is 47.8 Å². The van der Waals surface area contributed by atoms with Gasteiger partial charge in [-0.25, -0.2) is 27.8 Å². The monoisotopic (exact) mass is 641 g/mol. The third-order valence-electron chi connectivity index (χ3n) is 5.89. The quantitative estimate of drug-likeness (QED) is 0.166. The molecule has 40 heavy (non-hydrogen) atoms. The standard InChI is InChI=1S/C28H25BrFN5O3S2/c1-40(36,37)10-9-31-14-27-35-25(16-39-27)19-5-7-24-22(12-19)28(33-17-32-24)34-21-6-8-26(23(29)13-21)38-15-18-3-2-4-20(30)11-18/h2-8,11-13,16-17,31H,9-10,14-15H2,1H3,(H,32,33,34). The molecular weight excluding hydrogens is 617 g/mol. The van der Waals surface area contributed by atoms with E-state index < -0.39 is 9.84 Å². The number of benzene rings is 3. The van der Waals surface area contributed by atoms with Crippen molar-refractivity contribution in [2.24, 2.45) is 0 Å². The third kappa shape index (κ3) is 7.39. The van der Waals surface area contributed by atoms with Crippen LogP contribution in [-0.2, 0) is 23.0 Å². The number of hydrogen-bond acceptors (Lipinski definition) is 9. The lowest BCUT2D eigenvalue weighted by molar-refractivity contribution is 0.303. The second-order valence-electron chi connectivity index (χ2n) is 9.08. The first-order valence-electron chi connectivity index (χ1n) is 12.3. The smallest absolute Gasteiger partial charge is 0.148 e. The van der Waals surface area contributed by atoms with Crippen LogP contribution in [0, 0.1) is 5.82 Å². The number of halogens is 2. The lowest BCUT2D eigenvalue weighted by atomic mass is 10.1. The zero-order valence-electron chi connectivity index (χ0n) is 21.4. The molecule has 0 saturated heterocycles. The van der Waals surface area contributed by atoms with Gasteiger partial charge in [-0.1, -0.05) is 18.2 Å². The van der Waals surface area contributed by atoms with Gasteiger partial charge in [0.2, 0.25) is 0 Å². The minimum absolute atomic E-state index is 0.0902. The highest BCUT2D eigenvalue weighted by molar-refractivity contribution is 9.10. The fourth-order valence-electron chi connectivity index (χ4n) is 3.91. The van der Waals surface area contributed by atoms with Crippen molar-refractivity contribution in [3.63, 3.8) is 0 Å². The third-order valence-corrected chi connectivity index (χ3v) is 8.30. The molecule has 0 spiro atoms. The van der Waals surface area contributed by atoms with Crippen LogP contribution in [0.15, 0.2) is 76.8 Å². The summed E-state index contributed by atoms with van der Waals surface area (Å²) in [5.41, 5.74) is 4.07. The Morgan fingerprint density at radius 1 is 1.07 bits per heavy atom. The molecule has 2 N–H and O–H groups in total. The van der Waals surface area contributed by atoms with E-state index >= 15 is 0 Å². The summed E-state index contributed by atoms with van der Waals surface area (Å²) >= 11 is 5.08. The van der Waals surface area contributed by atoms with Crippen LogP contribution in [-0.4, -0.2) is 41.9 Å². The molecule has 2 aromatic heterocycles. The van der Waals surface area contributed by atoms with Gasteiger partial charge >= 0.3 is 0 Å². The maximum atomic E-state index is 13.4. The van der Waals surface area contributed by atoms with Gasteiger partial charge in [0.25, 0.3) is 0 Å². The van der Waals surface area contributed by atoms with Gasteiger partial charge in [-0.15, -0.1) is 11.3 Å². The largest absolute Gasteiger partial charge is 0.488 e. The van der Waals surface area contributed by atoms with Crippen molar-refractivity contribution in [2.75, 3.05) is 23.9 Å². The van der Waals surface area contributed by atoms with E-state index in [9.17, 15) is 12.8 Å². The summed E-state index contributed by atoms with van der Waals surface area (Å²) in [6.07, 6.45) is 2.74. The van der Waals surface area contributed by atoms with Crippen LogP contribution in [0.4, 0.5) is 15.9 Å². The summed E-state index contributed by atoms with van der Waals surface area (Å²) in [5, 5.41) is 10.2. The molecule has 3 aromatic carbocycles. The molecule has 206 valence electrons.